The third-order valence-corrected chi connectivity index (χ3v) is 6.99. The molecule has 0 unspecified atom stereocenters. The second kappa shape index (κ2) is 7.37. The minimum absolute atomic E-state index is 0.0407. The van der Waals surface area contributed by atoms with Crippen molar-refractivity contribution in [1.29, 1.82) is 0 Å². The van der Waals surface area contributed by atoms with Gasteiger partial charge in [-0.3, -0.25) is 0 Å². The van der Waals surface area contributed by atoms with Gasteiger partial charge in [0.2, 0.25) is 0 Å². The molecule has 0 N–H and O–H groups in total. The maximum absolute atomic E-state index is 13.9. The molecule has 1 aromatic heterocycles. The van der Waals surface area contributed by atoms with E-state index in [1.165, 1.54) is 18.2 Å². The summed E-state index contributed by atoms with van der Waals surface area (Å²) in [5, 5.41) is 0.561. The first-order valence-corrected chi connectivity index (χ1v) is 10.9. The minimum Gasteiger partial charge on any atom is -0.371 e. The van der Waals surface area contributed by atoms with Crippen molar-refractivity contribution in [3.05, 3.63) is 59.2 Å². The normalized spacial score (nSPS) is 15.5. The van der Waals surface area contributed by atoms with Crippen molar-refractivity contribution in [2.24, 2.45) is 0 Å². The number of hydrogen-bond donors (Lipinski definition) is 0. The van der Waals surface area contributed by atoms with Crippen LogP contribution in [0.15, 0.2) is 53.6 Å². The van der Waals surface area contributed by atoms with E-state index in [1.807, 2.05) is 0 Å². The van der Waals surface area contributed by atoms with Crippen LogP contribution in [0.3, 0.4) is 0 Å². The molecule has 148 valence electrons. The predicted octanol–water partition coefficient (Wildman–Crippen LogP) is 5.46. The van der Waals surface area contributed by atoms with Crippen molar-refractivity contribution in [2.75, 3.05) is 18.0 Å². The number of anilines is 1. The van der Waals surface area contributed by atoms with E-state index in [0.29, 0.717) is 11.1 Å². The zero-order valence-electron chi connectivity index (χ0n) is 15.0. The van der Waals surface area contributed by atoms with Crippen LogP contribution in [0, 0.1) is 0 Å². The number of halogens is 3. The zero-order chi connectivity index (χ0) is 19.9. The van der Waals surface area contributed by atoms with Crippen molar-refractivity contribution in [1.82, 2.24) is 3.97 Å². The molecule has 0 atom stereocenters. The van der Waals surface area contributed by atoms with Crippen LogP contribution in [0.5, 0.6) is 0 Å². The summed E-state index contributed by atoms with van der Waals surface area (Å²) in [4.78, 5) is 2.02. The molecule has 4 nitrogen and oxygen atoms in total. The van der Waals surface area contributed by atoms with E-state index in [0.717, 1.165) is 42.5 Å². The highest BCUT2D eigenvalue weighted by atomic mass is 35.5. The molecule has 0 bridgehead atoms. The van der Waals surface area contributed by atoms with Crippen LogP contribution in [0.4, 0.5) is 14.5 Å². The Morgan fingerprint density at radius 1 is 1.00 bits per heavy atom. The van der Waals surface area contributed by atoms with Gasteiger partial charge in [0, 0.05) is 40.9 Å². The predicted molar refractivity (Wildman–Crippen MR) is 107 cm³/mol. The van der Waals surface area contributed by atoms with Crippen LogP contribution in [0.25, 0.3) is 10.9 Å². The number of alkyl halides is 2. The van der Waals surface area contributed by atoms with Gasteiger partial charge in [-0.25, -0.2) is 21.2 Å². The molecule has 3 aromatic rings. The molecule has 0 aliphatic carbocycles. The van der Waals surface area contributed by atoms with Crippen molar-refractivity contribution >= 4 is 38.2 Å². The average molecular weight is 425 g/mol. The lowest BCUT2D eigenvalue weighted by Gasteiger charge is -2.29. The lowest BCUT2D eigenvalue weighted by molar-refractivity contribution is 0.153. The van der Waals surface area contributed by atoms with Gasteiger partial charge in [-0.15, -0.1) is 0 Å². The standard InChI is InChI=1S/C20H19ClF2N2O2S/c21-14-6-4-7-15(12-14)28(26,27)25-13-16(20(22)23)19-17(8-5-9-18(19)25)24-10-2-1-3-11-24/h4-9,12-13,20H,1-3,10-11H2. The van der Waals surface area contributed by atoms with Gasteiger partial charge in [-0.2, -0.15) is 0 Å². The Labute approximate surface area is 167 Å². The fourth-order valence-electron chi connectivity index (χ4n) is 3.77. The van der Waals surface area contributed by atoms with Gasteiger partial charge >= 0.3 is 0 Å². The second-order valence-corrected chi connectivity index (χ2v) is 9.11. The number of rotatable bonds is 4. The summed E-state index contributed by atoms with van der Waals surface area (Å²) in [7, 11) is -4.07. The smallest absolute Gasteiger partial charge is 0.268 e. The first kappa shape index (κ1) is 19.2. The SMILES string of the molecule is O=S(=O)(c1cccc(Cl)c1)n1cc(C(F)F)c2c(N3CCCCC3)cccc21. The highest BCUT2D eigenvalue weighted by Gasteiger charge is 2.27. The van der Waals surface area contributed by atoms with Gasteiger partial charge < -0.3 is 4.90 Å². The Morgan fingerprint density at radius 3 is 2.39 bits per heavy atom. The number of hydrogen-bond acceptors (Lipinski definition) is 3. The van der Waals surface area contributed by atoms with Gasteiger partial charge in [-0.05, 0) is 49.6 Å². The molecule has 8 heteroatoms. The van der Waals surface area contributed by atoms with E-state index in [4.69, 9.17) is 11.6 Å². The summed E-state index contributed by atoms with van der Waals surface area (Å²) in [5.41, 5.74) is 0.632. The van der Waals surface area contributed by atoms with Crippen LogP contribution in [-0.4, -0.2) is 25.5 Å². The molecule has 0 radical (unpaired) electrons. The van der Waals surface area contributed by atoms with E-state index in [9.17, 15) is 17.2 Å². The third-order valence-electron chi connectivity index (χ3n) is 5.09. The van der Waals surface area contributed by atoms with Crippen LogP contribution < -0.4 is 4.90 Å². The lowest BCUT2D eigenvalue weighted by Crippen LogP contribution is -2.29. The summed E-state index contributed by atoms with van der Waals surface area (Å²) in [5.74, 6) is 0. The molecule has 1 saturated heterocycles. The summed E-state index contributed by atoms with van der Waals surface area (Å²) in [6, 6.07) is 10.9. The molecule has 28 heavy (non-hydrogen) atoms. The largest absolute Gasteiger partial charge is 0.371 e. The molecule has 0 spiro atoms. The number of nitrogens with zero attached hydrogens (tertiary/aromatic N) is 2. The van der Waals surface area contributed by atoms with Crippen molar-refractivity contribution in [3.8, 4) is 0 Å². The molecular formula is C20H19ClF2N2O2S. The Balaban J connectivity index is 1.96. The number of fused-ring (bicyclic) bond motifs is 1. The van der Waals surface area contributed by atoms with Crippen LogP contribution in [0.1, 0.15) is 31.3 Å². The van der Waals surface area contributed by atoms with E-state index in [-0.39, 0.29) is 21.0 Å². The Morgan fingerprint density at radius 2 is 1.71 bits per heavy atom. The van der Waals surface area contributed by atoms with E-state index < -0.39 is 16.4 Å². The van der Waals surface area contributed by atoms with Crippen molar-refractivity contribution < 1.29 is 17.2 Å². The highest BCUT2D eigenvalue weighted by molar-refractivity contribution is 7.90. The van der Waals surface area contributed by atoms with Gasteiger partial charge in [0.1, 0.15) is 0 Å². The molecule has 1 aliphatic heterocycles. The Kier molecular flexibility index (Phi) is 5.05. The molecule has 2 heterocycles. The monoisotopic (exact) mass is 424 g/mol. The zero-order valence-corrected chi connectivity index (χ0v) is 16.6. The number of aromatic nitrogens is 1. The summed E-state index contributed by atoms with van der Waals surface area (Å²) in [6.07, 6.45) is 1.34. The molecular weight excluding hydrogens is 406 g/mol. The molecule has 1 aliphatic rings. The molecule has 1 fully saturated rings. The summed E-state index contributed by atoms with van der Waals surface area (Å²) < 4.78 is 55.0. The van der Waals surface area contributed by atoms with Crippen LogP contribution in [-0.2, 0) is 10.0 Å². The highest BCUT2D eigenvalue weighted by Crippen LogP contribution is 2.39. The summed E-state index contributed by atoms with van der Waals surface area (Å²) in [6.45, 7) is 1.54. The topological polar surface area (TPSA) is 42.3 Å². The third kappa shape index (κ3) is 3.26. The van der Waals surface area contributed by atoms with Gasteiger partial charge in [0.05, 0.1) is 10.4 Å². The Bertz CT molecular complexity index is 1120. The first-order chi connectivity index (χ1) is 13.4. The lowest BCUT2D eigenvalue weighted by atomic mass is 10.1. The maximum atomic E-state index is 13.9. The van der Waals surface area contributed by atoms with Crippen molar-refractivity contribution in [3.63, 3.8) is 0 Å². The van der Waals surface area contributed by atoms with Gasteiger partial charge in [0.15, 0.2) is 0 Å². The minimum atomic E-state index is -4.07. The van der Waals surface area contributed by atoms with Gasteiger partial charge in [0.25, 0.3) is 16.4 Å². The van der Waals surface area contributed by atoms with Crippen molar-refractivity contribution in [2.45, 2.75) is 30.6 Å². The summed E-state index contributed by atoms with van der Waals surface area (Å²) >= 11 is 5.94. The maximum Gasteiger partial charge on any atom is 0.268 e. The quantitative estimate of drug-likeness (QED) is 0.558. The van der Waals surface area contributed by atoms with Crippen LogP contribution in [0.2, 0.25) is 5.02 Å². The molecule has 2 aromatic carbocycles. The second-order valence-electron chi connectivity index (χ2n) is 6.86. The Hall–Kier alpha value is -2.12. The van der Waals surface area contributed by atoms with E-state index >= 15 is 0 Å². The average Bonchev–Trinajstić information content (AvgIpc) is 3.09. The number of benzene rings is 2. The fraction of sp³-hybridized carbons (Fsp3) is 0.300. The van der Waals surface area contributed by atoms with Gasteiger partial charge in [-0.1, -0.05) is 23.7 Å². The molecule has 0 amide bonds. The van der Waals surface area contributed by atoms with Crippen LogP contribution >= 0.6 is 11.6 Å². The molecule has 4 rings (SSSR count). The van der Waals surface area contributed by atoms with E-state index in [1.54, 1.807) is 24.3 Å². The number of piperidine rings is 1. The first-order valence-electron chi connectivity index (χ1n) is 9.08. The van der Waals surface area contributed by atoms with E-state index in [2.05, 4.69) is 4.90 Å². The fourth-order valence-corrected chi connectivity index (χ4v) is 5.44. The molecule has 0 saturated carbocycles.